The maximum Gasteiger partial charge on any atom is 0.222 e. The summed E-state index contributed by atoms with van der Waals surface area (Å²) in [5.74, 6) is 0.627. The van der Waals surface area contributed by atoms with E-state index >= 15 is 0 Å². The fourth-order valence-corrected chi connectivity index (χ4v) is 3.20. The van der Waals surface area contributed by atoms with E-state index in [1.807, 2.05) is 57.0 Å². The van der Waals surface area contributed by atoms with Crippen LogP contribution in [0.15, 0.2) is 48.4 Å². The van der Waals surface area contributed by atoms with Crippen molar-refractivity contribution in [2.45, 2.75) is 47.0 Å². The van der Waals surface area contributed by atoms with Gasteiger partial charge in [-0.3, -0.25) is 0 Å². The van der Waals surface area contributed by atoms with E-state index in [4.69, 9.17) is 0 Å². The van der Waals surface area contributed by atoms with Crippen LogP contribution in [0.2, 0.25) is 0 Å². The molecule has 0 atom stereocenters. The molecule has 2 aromatic heterocycles. The van der Waals surface area contributed by atoms with Crippen LogP contribution in [0.1, 0.15) is 56.9 Å². The van der Waals surface area contributed by atoms with E-state index in [1.54, 1.807) is 6.20 Å². The lowest BCUT2D eigenvalue weighted by molar-refractivity contribution is 0.190. The largest absolute Gasteiger partial charge is 0.357 e. The SMILES string of the molecule is C=CN=c1ccc(/C(=C/C)c2cnc(NC)nc2C)cn1C.CC1(C)CCC1. The third-order valence-electron chi connectivity index (χ3n) is 5.13. The predicted molar refractivity (Wildman–Crippen MR) is 118 cm³/mol. The van der Waals surface area contributed by atoms with Crippen LogP contribution < -0.4 is 10.8 Å². The first-order chi connectivity index (χ1) is 13.3. The Morgan fingerprint density at radius 2 is 2.00 bits per heavy atom. The second kappa shape index (κ2) is 9.49. The molecular weight excluding hydrogens is 346 g/mol. The van der Waals surface area contributed by atoms with Crippen LogP contribution in [0, 0.1) is 12.3 Å². The van der Waals surface area contributed by atoms with E-state index < -0.39 is 0 Å². The van der Waals surface area contributed by atoms with Crippen LogP contribution in [0.4, 0.5) is 5.95 Å². The van der Waals surface area contributed by atoms with Crippen molar-refractivity contribution in [2.75, 3.05) is 12.4 Å². The van der Waals surface area contributed by atoms with E-state index in [-0.39, 0.29) is 0 Å². The van der Waals surface area contributed by atoms with Crippen molar-refractivity contribution >= 4 is 11.5 Å². The quantitative estimate of drug-likeness (QED) is 0.825. The second-order valence-electron chi connectivity index (χ2n) is 7.86. The number of aryl methyl sites for hydroxylation is 2. The minimum Gasteiger partial charge on any atom is -0.357 e. The van der Waals surface area contributed by atoms with E-state index in [0.717, 1.165) is 33.3 Å². The molecule has 2 aromatic rings. The molecule has 1 aliphatic rings. The molecule has 0 amide bonds. The highest BCUT2D eigenvalue weighted by Gasteiger charge is 2.25. The van der Waals surface area contributed by atoms with Gasteiger partial charge in [0.1, 0.15) is 5.49 Å². The molecule has 150 valence electrons. The lowest BCUT2D eigenvalue weighted by Gasteiger charge is -2.33. The number of nitrogens with one attached hydrogen (secondary N) is 1. The van der Waals surface area contributed by atoms with Crippen molar-refractivity contribution in [1.82, 2.24) is 14.5 Å². The molecule has 1 aliphatic carbocycles. The van der Waals surface area contributed by atoms with Gasteiger partial charge in [-0.1, -0.05) is 32.9 Å². The fraction of sp³-hybridized carbons (Fsp3) is 0.435. The second-order valence-corrected chi connectivity index (χ2v) is 7.86. The number of rotatable bonds is 4. The Morgan fingerprint density at radius 3 is 2.43 bits per heavy atom. The zero-order valence-corrected chi connectivity index (χ0v) is 18.1. The molecular formula is C23H33N5. The third-order valence-corrected chi connectivity index (χ3v) is 5.13. The molecule has 3 rings (SSSR count). The van der Waals surface area contributed by atoms with Gasteiger partial charge in [0.05, 0.1) is 5.69 Å². The Hall–Kier alpha value is -2.69. The van der Waals surface area contributed by atoms with Crippen molar-refractivity contribution in [1.29, 1.82) is 0 Å². The average Bonchev–Trinajstić information content (AvgIpc) is 2.65. The smallest absolute Gasteiger partial charge is 0.222 e. The van der Waals surface area contributed by atoms with Gasteiger partial charge in [0.2, 0.25) is 5.95 Å². The Morgan fingerprint density at radius 1 is 1.32 bits per heavy atom. The van der Waals surface area contributed by atoms with Gasteiger partial charge < -0.3 is 9.88 Å². The number of aromatic nitrogens is 3. The Bertz CT molecular complexity index is 913. The maximum atomic E-state index is 4.45. The highest BCUT2D eigenvalue weighted by atomic mass is 15.1. The van der Waals surface area contributed by atoms with Crippen molar-refractivity contribution in [2.24, 2.45) is 17.5 Å². The highest BCUT2D eigenvalue weighted by molar-refractivity contribution is 5.80. The zero-order chi connectivity index (χ0) is 20.7. The molecule has 2 heterocycles. The Labute approximate surface area is 169 Å². The summed E-state index contributed by atoms with van der Waals surface area (Å²) in [5.41, 5.74) is 5.73. The van der Waals surface area contributed by atoms with Crippen molar-refractivity contribution in [3.63, 3.8) is 0 Å². The van der Waals surface area contributed by atoms with Crippen LogP contribution in [-0.2, 0) is 7.05 Å². The molecule has 0 aromatic carbocycles. The number of nitrogens with zero attached hydrogens (tertiary/aromatic N) is 4. The molecule has 1 N–H and O–H groups in total. The van der Waals surface area contributed by atoms with Crippen molar-refractivity contribution in [3.05, 3.63) is 65.7 Å². The molecule has 0 aliphatic heterocycles. The van der Waals surface area contributed by atoms with Gasteiger partial charge in [-0.05, 0) is 55.4 Å². The van der Waals surface area contributed by atoms with E-state index in [9.17, 15) is 0 Å². The summed E-state index contributed by atoms with van der Waals surface area (Å²) in [4.78, 5) is 13.0. The summed E-state index contributed by atoms with van der Waals surface area (Å²) in [6.45, 7) is 12.3. The number of hydrogen-bond donors (Lipinski definition) is 1. The summed E-state index contributed by atoms with van der Waals surface area (Å²) >= 11 is 0. The summed E-state index contributed by atoms with van der Waals surface area (Å²) in [6, 6.07) is 4.02. The maximum absolute atomic E-state index is 4.45. The van der Waals surface area contributed by atoms with Gasteiger partial charge in [0, 0.05) is 38.3 Å². The molecule has 0 saturated heterocycles. The van der Waals surface area contributed by atoms with Crippen LogP contribution in [0.3, 0.4) is 0 Å². The summed E-state index contributed by atoms with van der Waals surface area (Å²) in [5, 5.41) is 2.95. The molecule has 1 saturated carbocycles. The lowest BCUT2D eigenvalue weighted by atomic mass is 9.72. The van der Waals surface area contributed by atoms with Crippen molar-refractivity contribution < 1.29 is 0 Å². The molecule has 5 heteroatoms. The first-order valence-electron chi connectivity index (χ1n) is 9.81. The van der Waals surface area contributed by atoms with Crippen LogP contribution in [0.25, 0.3) is 5.57 Å². The lowest BCUT2D eigenvalue weighted by Crippen LogP contribution is -2.20. The molecule has 5 nitrogen and oxygen atoms in total. The Balaban J connectivity index is 0.000000397. The number of anilines is 1. The standard InChI is InChI=1S/C17H21N5.C6H12/c1-6-14(15-10-20-17(18-4)21-12(15)3)13-8-9-16(19-7-2)22(5)11-13;1-6(2)4-3-5-6/h6-11H,2H2,1,3-5H3,(H,18,20,21);3-5H2,1-2H3/b14-6-,19-16?;. The van der Waals surface area contributed by atoms with Gasteiger partial charge in [-0.2, -0.15) is 0 Å². The predicted octanol–water partition coefficient (Wildman–Crippen LogP) is 4.86. The topological polar surface area (TPSA) is 55.1 Å². The van der Waals surface area contributed by atoms with Gasteiger partial charge in [0.15, 0.2) is 0 Å². The monoisotopic (exact) mass is 379 g/mol. The van der Waals surface area contributed by atoms with Gasteiger partial charge in [0.25, 0.3) is 0 Å². The van der Waals surface area contributed by atoms with Crippen LogP contribution >= 0.6 is 0 Å². The average molecular weight is 380 g/mol. The first kappa shape index (κ1) is 21.6. The molecule has 0 radical (unpaired) electrons. The minimum atomic E-state index is 0.627. The Kier molecular flexibility index (Phi) is 7.32. The van der Waals surface area contributed by atoms with Crippen LogP contribution in [-0.4, -0.2) is 21.6 Å². The minimum absolute atomic E-state index is 0.627. The summed E-state index contributed by atoms with van der Waals surface area (Å²) < 4.78 is 1.97. The normalized spacial score (nSPS) is 15.9. The van der Waals surface area contributed by atoms with Gasteiger partial charge >= 0.3 is 0 Å². The number of hydrogen-bond acceptors (Lipinski definition) is 4. The highest BCUT2D eigenvalue weighted by Crippen LogP contribution is 2.38. The summed E-state index contributed by atoms with van der Waals surface area (Å²) in [6.07, 6.45) is 11.9. The fourth-order valence-electron chi connectivity index (χ4n) is 3.20. The first-order valence-corrected chi connectivity index (χ1v) is 9.81. The molecule has 0 unspecified atom stereocenters. The van der Waals surface area contributed by atoms with Crippen molar-refractivity contribution in [3.8, 4) is 0 Å². The number of pyridine rings is 1. The molecule has 1 fully saturated rings. The third kappa shape index (κ3) is 5.41. The van der Waals surface area contributed by atoms with Crippen LogP contribution in [0.5, 0.6) is 0 Å². The molecule has 0 bridgehead atoms. The zero-order valence-electron chi connectivity index (χ0n) is 18.1. The summed E-state index contributed by atoms with van der Waals surface area (Å²) in [7, 11) is 3.78. The van der Waals surface area contributed by atoms with Gasteiger partial charge in [-0.25, -0.2) is 15.0 Å². The number of allylic oxidation sites excluding steroid dienone is 1. The van der Waals surface area contributed by atoms with E-state index in [1.165, 1.54) is 19.3 Å². The molecule has 28 heavy (non-hydrogen) atoms. The molecule has 0 spiro atoms. The van der Waals surface area contributed by atoms with Gasteiger partial charge in [-0.15, -0.1) is 0 Å². The van der Waals surface area contributed by atoms with E-state index in [0.29, 0.717) is 5.95 Å². The van der Waals surface area contributed by atoms with E-state index in [2.05, 4.69) is 46.8 Å².